The lowest BCUT2D eigenvalue weighted by Gasteiger charge is -2.32. The topological polar surface area (TPSA) is 270 Å². The van der Waals surface area contributed by atoms with Crippen molar-refractivity contribution in [2.75, 3.05) is 26.2 Å². The van der Waals surface area contributed by atoms with Gasteiger partial charge in [-0.25, -0.2) is 4.79 Å². The molecule has 0 spiro atoms. The number of carboxylic acid groups (broad SMARTS) is 1. The molecule has 2 heterocycles. The number of likely N-dealkylation sites (tertiary alicyclic amines) is 2. The van der Waals surface area contributed by atoms with Crippen LogP contribution in [-0.4, -0.2) is 107 Å². The van der Waals surface area contributed by atoms with Crippen LogP contribution in [0.5, 0.6) is 0 Å². The molecule has 0 bridgehead atoms. The number of hydrogen-bond acceptors (Lipinski definition) is 8. The van der Waals surface area contributed by atoms with Gasteiger partial charge in [-0.1, -0.05) is 0 Å². The van der Waals surface area contributed by atoms with E-state index < -0.39 is 60.8 Å². The Morgan fingerprint density at radius 3 is 2.21 bits per heavy atom. The van der Waals surface area contributed by atoms with Crippen molar-refractivity contribution >= 4 is 41.5 Å². The van der Waals surface area contributed by atoms with Gasteiger partial charge in [-0.05, 0) is 38.5 Å². The molecule has 2 saturated heterocycles. The quantitative estimate of drug-likeness (QED) is 0.0675. The van der Waals surface area contributed by atoms with Gasteiger partial charge < -0.3 is 48.5 Å². The maximum atomic E-state index is 13.4. The number of primary amides is 1. The van der Waals surface area contributed by atoms with Crippen LogP contribution >= 0.6 is 0 Å². The van der Waals surface area contributed by atoms with Crippen LogP contribution in [0.2, 0.25) is 0 Å². The van der Waals surface area contributed by atoms with Gasteiger partial charge >= 0.3 is 5.97 Å². The number of nitrogens with one attached hydrogen (secondary N) is 2. The summed E-state index contributed by atoms with van der Waals surface area (Å²) in [6.07, 6.45) is 2.21. The first-order chi connectivity index (χ1) is 17.9. The number of aliphatic imine (C=N–C) groups is 1. The molecule has 0 radical (unpaired) electrons. The fourth-order valence-electron chi connectivity index (χ4n) is 4.57. The van der Waals surface area contributed by atoms with Gasteiger partial charge in [-0.15, -0.1) is 0 Å². The fraction of sp³-hybridized carbons (Fsp3) is 0.682. The summed E-state index contributed by atoms with van der Waals surface area (Å²) in [6, 6.07) is -3.93. The van der Waals surface area contributed by atoms with Crippen molar-refractivity contribution in [1.29, 1.82) is 0 Å². The second-order valence-corrected chi connectivity index (χ2v) is 9.28. The van der Waals surface area contributed by atoms with Crippen LogP contribution in [0.1, 0.15) is 44.9 Å². The van der Waals surface area contributed by atoms with Gasteiger partial charge in [0.15, 0.2) is 5.96 Å². The summed E-state index contributed by atoms with van der Waals surface area (Å²) in [5.74, 6) is -4.53. The van der Waals surface area contributed by atoms with Gasteiger partial charge in [0, 0.05) is 19.6 Å². The number of nitrogens with zero attached hydrogens (tertiary/aromatic N) is 3. The molecule has 16 heteroatoms. The minimum atomic E-state index is -1.52. The molecule has 4 atom stereocenters. The van der Waals surface area contributed by atoms with Gasteiger partial charge in [-0.3, -0.25) is 29.0 Å². The lowest BCUT2D eigenvalue weighted by atomic mass is 10.1. The highest BCUT2D eigenvalue weighted by Crippen LogP contribution is 2.25. The van der Waals surface area contributed by atoms with E-state index in [4.69, 9.17) is 28.0 Å². The Hall–Kier alpha value is -3.95. The predicted molar refractivity (Wildman–Crippen MR) is 134 cm³/mol. The van der Waals surface area contributed by atoms with Crippen LogP contribution in [0.3, 0.4) is 0 Å². The largest absolute Gasteiger partial charge is 0.480 e. The molecule has 16 nitrogen and oxygen atoms in total. The molecule has 0 aliphatic carbocycles. The maximum absolute atomic E-state index is 13.4. The molecular formula is C22H37N9O7. The number of carboxylic acids is 1. The number of carbonyl (C=O) groups excluding carboxylic acids is 5. The highest BCUT2D eigenvalue weighted by molar-refractivity contribution is 5.95. The van der Waals surface area contributed by atoms with Gasteiger partial charge in [-0.2, -0.15) is 0 Å². The summed E-state index contributed by atoms with van der Waals surface area (Å²) in [7, 11) is 0. The lowest BCUT2D eigenvalue weighted by molar-refractivity contribution is -0.147. The lowest BCUT2D eigenvalue weighted by Crippen LogP contribution is -2.55. The summed E-state index contributed by atoms with van der Waals surface area (Å²) in [5.41, 5.74) is 21.6. The minimum Gasteiger partial charge on any atom is -0.480 e. The van der Waals surface area contributed by atoms with Gasteiger partial charge in [0.05, 0.1) is 19.0 Å². The number of carbonyl (C=O) groups is 6. The standard InChI is InChI=1S/C22H37N9O7/c23-12(4-1-7-27-22(25)26)19(35)31-9-3-6-15(31)20(36)30-8-2-5-14(30)18(34)28-11-17(33)29-13(21(37)38)10-16(24)32/h12-15H,1-11,23H2,(H2,24,32)(H,28,34)(H,29,33)(H,37,38)(H4,25,26,27)/t12-,13-,14-,15-/m0/s1. The fourth-order valence-corrected chi connectivity index (χ4v) is 4.57. The van der Waals surface area contributed by atoms with E-state index in [1.807, 2.05) is 0 Å². The molecule has 0 saturated carbocycles. The third kappa shape index (κ3) is 8.57. The van der Waals surface area contributed by atoms with Crippen molar-refractivity contribution in [1.82, 2.24) is 20.4 Å². The minimum absolute atomic E-state index is 0.0486. The summed E-state index contributed by atoms with van der Waals surface area (Å²) < 4.78 is 0. The Balaban J connectivity index is 1.93. The van der Waals surface area contributed by atoms with Crippen LogP contribution in [0, 0.1) is 0 Å². The summed E-state index contributed by atoms with van der Waals surface area (Å²) >= 11 is 0. The maximum Gasteiger partial charge on any atom is 0.326 e. The first kappa shape index (κ1) is 30.3. The third-order valence-corrected chi connectivity index (χ3v) is 6.41. The van der Waals surface area contributed by atoms with Crippen molar-refractivity contribution in [3.63, 3.8) is 0 Å². The molecule has 5 amide bonds. The van der Waals surface area contributed by atoms with Crippen LogP contribution in [0.15, 0.2) is 4.99 Å². The molecule has 2 aliphatic rings. The molecular weight excluding hydrogens is 502 g/mol. The van der Waals surface area contributed by atoms with Crippen LogP contribution in [0.4, 0.5) is 0 Å². The number of nitrogens with two attached hydrogens (primary N) is 4. The van der Waals surface area contributed by atoms with E-state index in [0.29, 0.717) is 58.2 Å². The van der Waals surface area contributed by atoms with Crippen LogP contribution in [-0.2, 0) is 28.8 Å². The first-order valence-electron chi connectivity index (χ1n) is 12.4. The zero-order chi connectivity index (χ0) is 28.4. The summed E-state index contributed by atoms with van der Waals surface area (Å²) in [5, 5.41) is 13.6. The van der Waals surface area contributed by atoms with E-state index in [1.54, 1.807) is 0 Å². The van der Waals surface area contributed by atoms with E-state index in [-0.39, 0.29) is 17.8 Å². The van der Waals surface area contributed by atoms with Crippen molar-refractivity contribution in [3.8, 4) is 0 Å². The average molecular weight is 540 g/mol. The highest BCUT2D eigenvalue weighted by atomic mass is 16.4. The van der Waals surface area contributed by atoms with Crippen molar-refractivity contribution in [2.45, 2.75) is 69.1 Å². The van der Waals surface area contributed by atoms with Gasteiger partial charge in [0.2, 0.25) is 29.5 Å². The second-order valence-electron chi connectivity index (χ2n) is 9.28. The molecule has 0 aromatic rings. The molecule has 38 heavy (non-hydrogen) atoms. The van der Waals surface area contributed by atoms with Gasteiger partial charge in [0.1, 0.15) is 18.1 Å². The molecule has 2 fully saturated rings. The first-order valence-corrected chi connectivity index (χ1v) is 12.4. The number of guanidine groups is 1. The number of hydrogen-bond donors (Lipinski definition) is 7. The summed E-state index contributed by atoms with van der Waals surface area (Å²) in [4.78, 5) is 80.1. The molecule has 0 aromatic heterocycles. The van der Waals surface area contributed by atoms with Gasteiger partial charge in [0.25, 0.3) is 0 Å². The van der Waals surface area contributed by atoms with Crippen LogP contribution < -0.4 is 33.6 Å². The van der Waals surface area contributed by atoms with Crippen molar-refractivity contribution in [3.05, 3.63) is 0 Å². The Morgan fingerprint density at radius 1 is 0.974 bits per heavy atom. The molecule has 212 valence electrons. The zero-order valence-electron chi connectivity index (χ0n) is 21.1. The van der Waals surface area contributed by atoms with E-state index in [2.05, 4.69) is 15.6 Å². The Labute approximate surface area is 219 Å². The highest BCUT2D eigenvalue weighted by Gasteiger charge is 2.42. The molecule has 11 N–H and O–H groups in total. The van der Waals surface area contributed by atoms with E-state index in [1.165, 1.54) is 9.80 Å². The Morgan fingerprint density at radius 2 is 1.61 bits per heavy atom. The van der Waals surface area contributed by atoms with E-state index in [0.717, 1.165) is 0 Å². The SMILES string of the molecule is NC(=O)C[C@H](NC(=O)CNC(=O)[C@@H]1CCCN1C(=O)[C@@H]1CCCN1C(=O)[C@@H](N)CCCN=C(N)N)C(=O)O. The normalized spacial score (nSPS) is 20.3. The average Bonchev–Trinajstić information content (AvgIpc) is 3.53. The van der Waals surface area contributed by atoms with Crippen LogP contribution in [0.25, 0.3) is 0 Å². The monoisotopic (exact) mass is 539 g/mol. The van der Waals surface area contributed by atoms with Crippen molar-refractivity contribution < 1.29 is 33.9 Å². The summed E-state index contributed by atoms with van der Waals surface area (Å²) in [6.45, 7) is 0.461. The molecule has 2 aliphatic heterocycles. The number of aliphatic carboxylic acids is 1. The molecule has 2 rings (SSSR count). The van der Waals surface area contributed by atoms with Crippen molar-refractivity contribution in [2.24, 2.45) is 27.9 Å². The number of amides is 5. The Bertz CT molecular complexity index is 953. The second kappa shape index (κ2) is 14.1. The molecule has 0 aromatic carbocycles. The molecule has 0 unspecified atom stereocenters. The smallest absolute Gasteiger partial charge is 0.326 e. The number of rotatable bonds is 13. The predicted octanol–water partition coefficient (Wildman–Crippen LogP) is -4.09. The Kier molecular flexibility index (Phi) is 11.2. The van der Waals surface area contributed by atoms with E-state index >= 15 is 0 Å². The zero-order valence-corrected chi connectivity index (χ0v) is 21.1. The third-order valence-electron chi connectivity index (χ3n) is 6.41. The van der Waals surface area contributed by atoms with E-state index in [9.17, 15) is 28.8 Å².